The third-order valence-corrected chi connectivity index (χ3v) is 6.64. The summed E-state index contributed by atoms with van der Waals surface area (Å²) in [6, 6.07) is 8.20. The Labute approximate surface area is 183 Å². The molecule has 5 rings (SSSR count). The van der Waals surface area contributed by atoms with Gasteiger partial charge in [-0.1, -0.05) is 11.6 Å². The summed E-state index contributed by atoms with van der Waals surface area (Å²) in [4.78, 5) is 34.6. The van der Waals surface area contributed by atoms with E-state index in [2.05, 4.69) is 12.1 Å². The predicted octanol–water partition coefficient (Wildman–Crippen LogP) is 4.36. The molecule has 0 unspecified atom stereocenters. The standard InChI is InChI=1S/C25H31N3O3/c1-15-5-8-21-19(9-15)20(10-22(26-21)16-6-7-16)23(29)27-11-17-13-28(14-18(17)12-27)24(30)31-25(2,3)4/h5,8-10,16-18H,6-7,11-14H2,1-4H3/t17-,18+. The number of rotatable bonds is 2. The number of ether oxygens (including phenoxy) is 1. The van der Waals surface area contributed by atoms with Gasteiger partial charge in [0.1, 0.15) is 5.60 Å². The summed E-state index contributed by atoms with van der Waals surface area (Å²) in [6.07, 6.45) is 2.07. The molecule has 1 aromatic carbocycles. The Bertz CT molecular complexity index is 1040. The average molecular weight is 422 g/mol. The van der Waals surface area contributed by atoms with Crippen molar-refractivity contribution in [2.45, 2.75) is 52.1 Å². The van der Waals surface area contributed by atoms with Crippen LogP contribution in [0.25, 0.3) is 10.9 Å². The molecule has 2 aromatic rings. The van der Waals surface area contributed by atoms with Crippen LogP contribution in [0.1, 0.15) is 61.1 Å². The first-order valence-corrected chi connectivity index (χ1v) is 11.4. The Morgan fingerprint density at radius 2 is 1.65 bits per heavy atom. The summed E-state index contributed by atoms with van der Waals surface area (Å²) in [5.74, 6) is 1.22. The van der Waals surface area contributed by atoms with Crippen molar-refractivity contribution in [2.75, 3.05) is 26.2 Å². The molecule has 0 N–H and O–H groups in total. The summed E-state index contributed by atoms with van der Waals surface area (Å²) in [5, 5.41) is 0.946. The van der Waals surface area contributed by atoms with Gasteiger partial charge in [-0.15, -0.1) is 0 Å². The van der Waals surface area contributed by atoms with Crippen molar-refractivity contribution in [1.82, 2.24) is 14.8 Å². The van der Waals surface area contributed by atoms with Gasteiger partial charge in [-0.3, -0.25) is 9.78 Å². The van der Waals surface area contributed by atoms with Crippen molar-refractivity contribution >= 4 is 22.9 Å². The van der Waals surface area contributed by atoms with Crippen LogP contribution in [0, 0.1) is 18.8 Å². The van der Waals surface area contributed by atoms with Gasteiger partial charge in [0.25, 0.3) is 5.91 Å². The topological polar surface area (TPSA) is 62.7 Å². The molecule has 31 heavy (non-hydrogen) atoms. The lowest BCUT2D eigenvalue weighted by Crippen LogP contribution is -2.38. The molecule has 0 bridgehead atoms. The molecule has 6 nitrogen and oxygen atoms in total. The summed E-state index contributed by atoms with van der Waals surface area (Å²) in [6.45, 7) is 10.4. The van der Waals surface area contributed by atoms with Gasteiger partial charge in [-0.05, 0) is 58.7 Å². The zero-order chi connectivity index (χ0) is 21.9. The molecule has 1 aromatic heterocycles. The Morgan fingerprint density at radius 3 is 2.26 bits per heavy atom. The first-order valence-electron chi connectivity index (χ1n) is 11.4. The Kier molecular flexibility index (Phi) is 4.72. The number of hydrogen-bond acceptors (Lipinski definition) is 4. The number of nitrogens with zero attached hydrogens (tertiary/aromatic N) is 3. The van der Waals surface area contributed by atoms with Gasteiger partial charge in [0, 0.05) is 55.0 Å². The molecule has 2 saturated heterocycles. The van der Waals surface area contributed by atoms with Gasteiger partial charge in [0.05, 0.1) is 11.1 Å². The largest absolute Gasteiger partial charge is 0.444 e. The highest BCUT2D eigenvalue weighted by atomic mass is 16.6. The lowest BCUT2D eigenvalue weighted by atomic mass is 10.0. The van der Waals surface area contributed by atoms with E-state index < -0.39 is 5.60 Å². The number of aryl methyl sites for hydroxylation is 1. The zero-order valence-corrected chi connectivity index (χ0v) is 18.9. The van der Waals surface area contributed by atoms with Crippen molar-refractivity contribution in [3.63, 3.8) is 0 Å². The smallest absolute Gasteiger partial charge is 0.410 e. The van der Waals surface area contributed by atoms with Gasteiger partial charge >= 0.3 is 6.09 Å². The normalized spacial score (nSPS) is 23.4. The summed E-state index contributed by atoms with van der Waals surface area (Å²) < 4.78 is 5.53. The maximum absolute atomic E-state index is 13.6. The molecule has 1 aliphatic carbocycles. The van der Waals surface area contributed by atoms with Crippen molar-refractivity contribution in [2.24, 2.45) is 11.8 Å². The molecule has 2 amide bonds. The van der Waals surface area contributed by atoms with E-state index in [1.54, 1.807) is 4.90 Å². The molecule has 6 heteroatoms. The second-order valence-electron chi connectivity index (χ2n) is 10.5. The molecule has 1 saturated carbocycles. The maximum atomic E-state index is 13.6. The number of aromatic nitrogens is 1. The minimum absolute atomic E-state index is 0.0955. The van der Waals surface area contributed by atoms with Crippen LogP contribution in [-0.4, -0.2) is 58.6 Å². The van der Waals surface area contributed by atoms with Gasteiger partial charge < -0.3 is 14.5 Å². The molecule has 2 atom stereocenters. The highest BCUT2D eigenvalue weighted by Crippen LogP contribution is 2.41. The molecular weight excluding hydrogens is 390 g/mol. The zero-order valence-electron chi connectivity index (χ0n) is 18.9. The van der Waals surface area contributed by atoms with Crippen molar-refractivity contribution in [1.29, 1.82) is 0 Å². The van der Waals surface area contributed by atoms with Gasteiger partial charge in [0.2, 0.25) is 0 Å². The predicted molar refractivity (Wildman–Crippen MR) is 119 cm³/mol. The van der Waals surface area contributed by atoms with Crippen LogP contribution in [0.15, 0.2) is 24.3 Å². The highest BCUT2D eigenvalue weighted by molar-refractivity contribution is 6.06. The lowest BCUT2D eigenvalue weighted by Gasteiger charge is -2.26. The number of fused-ring (bicyclic) bond motifs is 2. The highest BCUT2D eigenvalue weighted by Gasteiger charge is 2.44. The lowest BCUT2D eigenvalue weighted by molar-refractivity contribution is 0.0275. The number of carbonyl (C=O) groups is 2. The van der Waals surface area contributed by atoms with E-state index in [9.17, 15) is 9.59 Å². The van der Waals surface area contributed by atoms with E-state index >= 15 is 0 Å². The molecule has 2 aliphatic heterocycles. The summed E-state index contributed by atoms with van der Waals surface area (Å²) in [7, 11) is 0. The number of pyridine rings is 1. The summed E-state index contributed by atoms with van der Waals surface area (Å²) in [5.41, 5.74) is 3.38. The van der Waals surface area contributed by atoms with E-state index in [0.717, 1.165) is 40.6 Å². The minimum atomic E-state index is -0.490. The molecule has 3 aliphatic rings. The fraction of sp³-hybridized carbons (Fsp3) is 0.560. The minimum Gasteiger partial charge on any atom is -0.444 e. The maximum Gasteiger partial charge on any atom is 0.410 e. The van der Waals surface area contributed by atoms with Crippen molar-refractivity contribution in [3.8, 4) is 0 Å². The third kappa shape index (κ3) is 4.00. The van der Waals surface area contributed by atoms with Crippen LogP contribution < -0.4 is 0 Å². The second-order valence-corrected chi connectivity index (χ2v) is 10.5. The number of benzene rings is 1. The van der Waals surface area contributed by atoms with E-state index in [-0.39, 0.29) is 12.0 Å². The Morgan fingerprint density at radius 1 is 1.00 bits per heavy atom. The van der Waals surface area contributed by atoms with Crippen LogP contribution in [0.3, 0.4) is 0 Å². The van der Waals surface area contributed by atoms with Gasteiger partial charge in [-0.2, -0.15) is 0 Å². The molecule has 0 spiro atoms. The second kappa shape index (κ2) is 7.21. The molecule has 3 fully saturated rings. The first kappa shape index (κ1) is 20.3. The monoisotopic (exact) mass is 421 g/mol. The molecule has 0 radical (unpaired) electrons. The fourth-order valence-electron chi connectivity index (χ4n) is 4.93. The third-order valence-electron chi connectivity index (χ3n) is 6.64. The van der Waals surface area contributed by atoms with E-state index in [4.69, 9.17) is 9.72 Å². The van der Waals surface area contributed by atoms with Gasteiger partial charge in [-0.25, -0.2) is 4.79 Å². The van der Waals surface area contributed by atoms with Crippen molar-refractivity contribution in [3.05, 3.63) is 41.1 Å². The quantitative estimate of drug-likeness (QED) is 0.723. The van der Waals surface area contributed by atoms with E-state index in [1.165, 1.54) is 0 Å². The number of amides is 2. The number of likely N-dealkylation sites (tertiary alicyclic amines) is 2. The van der Waals surface area contributed by atoms with Gasteiger partial charge in [0.15, 0.2) is 0 Å². The number of carbonyl (C=O) groups excluding carboxylic acids is 2. The Hall–Kier alpha value is -2.63. The van der Waals surface area contributed by atoms with Crippen LogP contribution in [0.5, 0.6) is 0 Å². The first-order chi connectivity index (χ1) is 14.7. The summed E-state index contributed by atoms with van der Waals surface area (Å²) >= 11 is 0. The Balaban J connectivity index is 1.34. The SMILES string of the molecule is Cc1ccc2nc(C3CC3)cc(C(=O)N3C[C@H]4CN(C(=O)OC(C)(C)C)C[C@H]4C3)c2c1. The van der Waals surface area contributed by atoms with Crippen molar-refractivity contribution < 1.29 is 14.3 Å². The number of hydrogen-bond donors (Lipinski definition) is 0. The fourth-order valence-corrected chi connectivity index (χ4v) is 4.93. The average Bonchev–Trinajstić information content (AvgIpc) is 3.34. The van der Waals surface area contributed by atoms with Crippen LogP contribution in [-0.2, 0) is 4.74 Å². The molecular formula is C25H31N3O3. The van der Waals surface area contributed by atoms with Crippen LogP contribution in [0.2, 0.25) is 0 Å². The molecule has 3 heterocycles. The van der Waals surface area contributed by atoms with Crippen LogP contribution in [0.4, 0.5) is 4.79 Å². The molecule has 164 valence electrons. The van der Waals surface area contributed by atoms with Crippen LogP contribution >= 0.6 is 0 Å². The van der Waals surface area contributed by atoms with E-state index in [0.29, 0.717) is 43.9 Å². The van der Waals surface area contributed by atoms with E-state index in [1.807, 2.05) is 44.7 Å².